The van der Waals surface area contributed by atoms with Crippen molar-refractivity contribution in [2.24, 2.45) is 10.9 Å². The average Bonchev–Trinajstić information content (AvgIpc) is 3.17. The molecule has 0 aliphatic rings. The largest absolute Gasteiger partial charge is 0.399 e. The molecule has 0 bridgehead atoms. The fourth-order valence-corrected chi connectivity index (χ4v) is 6.25. The summed E-state index contributed by atoms with van der Waals surface area (Å²) in [6, 6.07) is 33.5. The highest BCUT2D eigenvalue weighted by molar-refractivity contribution is 7.31. The number of aliphatic imine (C=N–C) groups is 1. The van der Waals surface area contributed by atoms with Crippen LogP contribution in [0.3, 0.4) is 0 Å². The number of fused-ring (bicyclic) bond motifs is 7. The van der Waals surface area contributed by atoms with E-state index in [0.29, 0.717) is 12.5 Å². The quantitative estimate of drug-likeness (QED) is 0.173. The second kappa shape index (κ2) is 11.8. The van der Waals surface area contributed by atoms with Crippen molar-refractivity contribution in [1.82, 2.24) is 0 Å². The van der Waals surface area contributed by atoms with Gasteiger partial charge >= 0.3 is 8.24 Å². The standard InChI is InChI=1S/C35H35N2O3P/c1-5-24(2)31(36-22-25-14-18-28(19-15-25)37(3)4)23-38-41-39-32-20-16-26-10-6-8-12-29(26)34(32)35-30-13-9-7-11-27(30)17-21-33(35)40-41/h6-22,24,31H,5,23H2,1-4H3/t24-,31+/m0/s1. The molecule has 0 N–H and O–H groups in total. The Balaban J connectivity index is 1.42. The van der Waals surface area contributed by atoms with Gasteiger partial charge in [0.25, 0.3) is 0 Å². The van der Waals surface area contributed by atoms with Gasteiger partial charge in [0, 0.05) is 36.8 Å². The van der Waals surface area contributed by atoms with E-state index in [-0.39, 0.29) is 6.04 Å². The van der Waals surface area contributed by atoms with Crippen LogP contribution in [0.5, 0.6) is 0 Å². The number of hydrogen-bond donors (Lipinski definition) is 0. The first-order chi connectivity index (χ1) is 20.0. The van der Waals surface area contributed by atoms with E-state index in [1.54, 1.807) is 0 Å². The summed E-state index contributed by atoms with van der Waals surface area (Å²) in [7, 11) is 2.38. The highest BCUT2D eigenvalue weighted by Gasteiger charge is 2.18. The third kappa shape index (κ3) is 5.61. The van der Waals surface area contributed by atoms with Gasteiger partial charge in [0.05, 0.1) is 12.6 Å². The predicted molar refractivity (Wildman–Crippen MR) is 174 cm³/mol. The van der Waals surface area contributed by atoms with E-state index in [4.69, 9.17) is 17.9 Å². The van der Waals surface area contributed by atoms with Gasteiger partial charge in [-0.1, -0.05) is 93.1 Å². The van der Waals surface area contributed by atoms with E-state index >= 15 is 0 Å². The molecule has 0 aliphatic heterocycles. The zero-order chi connectivity index (χ0) is 28.3. The molecule has 0 aliphatic carbocycles. The van der Waals surface area contributed by atoms with Crippen molar-refractivity contribution in [2.45, 2.75) is 26.3 Å². The molecule has 1 aromatic heterocycles. The number of benzene rings is 5. The van der Waals surface area contributed by atoms with Gasteiger partial charge in [-0.2, -0.15) is 0 Å². The number of rotatable bonds is 8. The van der Waals surface area contributed by atoms with Gasteiger partial charge in [0.1, 0.15) is 11.2 Å². The second-order valence-corrected chi connectivity index (χ2v) is 11.8. The minimum atomic E-state index is -1.70. The van der Waals surface area contributed by atoms with Crippen molar-refractivity contribution in [3.63, 3.8) is 0 Å². The lowest BCUT2D eigenvalue weighted by atomic mass is 9.99. The predicted octanol–water partition coefficient (Wildman–Crippen LogP) is 9.62. The van der Waals surface area contributed by atoms with Gasteiger partial charge in [0.2, 0.25) is 0 Å². The van der Waals surface area contributed by atoms with Crippen LogP contribution >= 0.6 is 8.24 Å². The Morgan fingerprint density at radius 1 is 0.780 bits per heavy atom. The van der Waals surface area contributed by atoms with Crippen LogP contribution in [0.25, 0.3) is 43.5 Å². The van der Waals surface area contributed by atoms with Gasteiger partial charge < -0.3 is 13.3 Å². The van der Waals surface area contributed by atoms with E-state index in [1.165, 1.54) is 0 Å². The summed E-state index contributed by atoms with van der Waals surface area (Å²) in [6.45, 7) is 4.80. The monoisotopic (exact) mass is 562 g/mol. The first-order valence-corrected chi connectivity index (χ1v) is 15.2. The van der Waals surface area contributed by atoms with Crippen molar-refractivity contribution in [2.75, 3.05) is 25.6 Å². The number of hydrogen-bond acceptors (Lipinski definition) is 5. The third-order valence-corrected chi connectivity index (χ3v) is 8.90. The van der Waals surface area contributed by atoms with E-state index in [0.717, 1.165) is 61.2 Å². The molecule has 0 unspecified atom stereocenters. The summed E-state index contributed by atoms with van der Waals surface area (Å²) in [5, 5.41) is 6.66. The summed E-state index contributed by atoms with van der Waals surface area (Å²) in [6.07, 6.45) is 2.94. The maximum Gasteiger partial charge on any atom is 0.387 e. The molecule has 0 radical (unpaired) electrons. The molecule has 6 heteroatoms. The lowest BCUT2D eigenvalue weighted by Crippen LogP contribution is -2.23. The summed E-state index contributed by atoms with van der Waals surface area (Å²) >= 11 is 0. The molecule has 0 spiro atoms. The molecular formula is C35H35N2O3P. The summed E-state index contributed by atoms with van der Waals surface area (Å²) in [5.74, 6) is 0.335. The van der Waals surface area contributed by atoms with Crippen LogP contribution in [0.15, 0.2) is 110 Å². The first-order valence-electron chi connectivity index (χ1n) is 14.1. The summed E-state index contributed by atoms with van der Waals surface area (Å²) in [4.78, 5) is 7.04. The Kier molecular flexibility index (Phi) is 7.82. The van der Waals surface area contributed by atoms with Crippen molar-refractivity contribution >= 4 is 63.6 Å². The van der Waals surface area contributed by atoms with Gasteiger partial charge in [-0.15, -0.1) is 0 Å². The van der Waals surface area contributed by atoms with Crippen LogP contribution in [0, 0.1) is 5.92 Å². The molecule has 6 rings (SSSR count). The lowest BCUT2D eigenvalue weighted by Gasteiger charge is -2.18. The zero-order valence-electron chi connectivity index (χ0n) is 24.0. The minimum Gasteiger partial charge on any atom is -0.399 e. The molecule has 1 heterocycles. The average molecular weight is 563 g/mol. The van der Waals surface area contributed by atoms with Crippen molar-refractivity contribution in [1.29, 1.82) is 0 Å². The summed E-state index contributed by atoms with van der Waals surface area (Å²) < 4.78 is 19.5. The molecule has 5 nitrogen and oxygen atoms in total. The Labute approximate surface area is 241 Å². The van der Waals surface area contributed by atoms with Crippen LogP contribution in [0.1, 0.15) is 25.8 Å². The highest BCUT2D eigenvalue weighted by Crippen LogP contribution is 2.40. The van der Waals surface area contributed by atoms with E-state index < -0.39 is 8.24 Å². The molecule has 5 aromatic carbocycles. The van der Waals surface area contributed by atoms with Crippen LogP contribution in [-0.4, -0.2) is 33.0 Å². The minimum absolute atomic E-state index is 0.0290. The Morgan fingerprint density at radius 3 is 1.88 bits per heavy atom. The highest BCUT2D eigenvalue weighted by atomic mass is 31.1. The normalized spacial score (nSPS) is 13.4. The van der Waals surface area contributed by atoms with Gasteiger partial charge in [-0.3, -0.25) is 9.52 Å². The maximum absolute atomic E-state index is 6.52. The van der Waals surface area contributed by atoms with Crippen molar-refractivity contribution in [3.8, 4) is 0 Å². The van der Waals surface area contributed by atoms with Crippen molar-refractivity contribution < 1.29 is 12.9 Å². The Bertz CT molecular complexity index is 1800. The van der Waals surface area contributed by atoms with Crippen LogP contribution in [-0.2, 0) is 0 Å². The molecule has 0 amide bonds. The molecule has 0 saturated heterocycles. The summed E-state index contributed by atoms with van der Waals surface area (Å²) in [5.41, 5.74) is 3.78. The fourth-order valence-electron chi connectivity index (χ4n) is 5.21. The molecule has 41 heavy (non-hydrogen) atoms. The van der Waals surface area contributed by atoms with Gasteiger partial charge in [-0.05, 0) is 57.3 Å². The number of nitrogens with zero attached hydrogens (tertiary/aromatic N) is 2. The Hall–Kier alpha value is -4.05. The smallest absolute Gasteiger partial charge is 0.387 e. The second-order valence-electron chi connectivity index (χ2n) is 10.7. The SMILES string of the molecule is CC[C@H](C)[C@@H](COp1oc2ccc3ccccc3c2c2c(ccc3ccccc32)o1)N=Cc1ccc(N(C)C)cc1. The third-order valence-electron chi connectivity index (χ3n) is 7.85. The molecule has 2 atom stereocenters. The lowest BCUT2D eigenvalue weighted by molar-refractivity contribution is 0.294. The molecule has 6 aromatic rings. The molecule has 208 valence electrons. The van der Waals surface area contributed by atoms with Crippen LogP contribution < -0.4 is 9.42 Å². The van der Waals surface area contributed by atoms with E-state index in [1.807, 2.05) is 32.4 Å². The zero-order valence-corrected chi connectivity index (χ0v) is 24.8. The van der Waals surface area contributed by atoms with Crippen LogP contribution in [0.4, 0.5) is 5.69 Å². The van der Waals surface area contributed by atoms with Crippen molar-refractivity contribution in [3.05, 3.63) is 103 Å². The van der Waals surface area contributed by atoms with Crippen LogP contribution in [0.2, 0.25) is 0 Å². The fraction of sp³-hybridized carbons (Fsp3) is 0.229. The molecule has 0 fully saturated rings. The Morgan fingerprint density at radius 2 is 1.34 bits per heavy atom. The number of anilines is 1. The maximum atomic E-state index is 6.52. The van der Waals surface area contributed by atoms with E-state index in [9.17, 15) is 0 Å². The van der Waals surface area contributed by atoms with E-state index in [2.05, 4.69) is 104 Å². The topological polar surface area (TPSA) is 51.1 Å². The molecule has 0 saturated carbocycles. The van der Waals surface area contributed by atoms with Gasteiger partial charge in [0.15, 0.2) is 0 Å². The van der Waals surface area contributed by atoms with Gasteiger partial charge in [-0.25, -0.2) is 0 Å². The molecular weight excluding hydrogens is 527 g/mol. The first kappa shape index (κ1) is 27.1.